The minimum Gasteiger partial charge on any atom is -0.396 e. The Morgan fingerprint density at radius 3 is 2.95 bits per heavy atom. The monoisotopic (exact) mass is 305 g/mol. The zero-order valence-corrected chi connectivity index (χ0v) is 12.2. The van der Waals surface area contributed by atoms with Gasteiger partial charge in [0.2, 0.25) is 5.65 Å². The average molecular weight is 305 g/mol. The summed E-state index contributed by atoms with van der Waals surface area (Å²) in [6, 6.07) is 3.61. The van der Waals surface area contributed by atoms with Crippen molar-refractivity contribution in [3.05, 3.63) is 28.4 Å². The van der Waals surface area contributed by atoms with E-state index in [0.29, 0.717) is 11.5 Å². The van der Waals surface area contributed by atoms with E-state index in [-0.39, 0.29) is 24.4 Å². The summed E-state index contributed by atoms with van der Waals surface area (Å²) in [4.78, 5) is 14.4. The van der Waals surface area contributed by atoms with Crippen LogP contribution in [0.1, 0.15) is 32.1 Å². The number of aliphatic hydroxyl groups excluding tert-OH is 1. The molecule has 2 N–H and O–H groups in total. The van der Waals surface area contributed by atoms with Crippen LogP contribution in [0.4, 0.5) is 11.6 Å². The van der Waals surface area contributed by atoms with Crippen molar-refractivity contribution in [2.24, 2.45) is 5.92 Å². The second-order valence-corrected chi connectivity index (χ2v) is 5.69. The maximum atomic E-state index is 11.0. The number of hydrogen-bond donors (Lipinski definition) is 2. The van der Waals surface area contributed by atoms with Gasteiger partial charge in [0.25, 0.3) is 0 Å². The molecule has 0 radical (unpaired) electrons. The quantitative estimate of drug-likeness (QED) is 0.508. The van der Waals surface area contributed by atoms with Gasteiger partial charge in [-0.25, -0.2) is 4.98 Å². The maximum absolute atomic E-state index is 11.0. The highest BCUT2D eigenvalue weighted by atomic mass is 16.6. The number of fused-ring (bicyclic) bond motifs is 1. The highest BCUT2D eigenvalue weighted by Crippen LogP contribution is 2.26. The third-order valence-corrected chi connectivity index (χ3v) is 4.26. The van der Waals surface area contributed by atoms with Crippen LogP contribution < -0.4 is 5.32 Å². The minimum absolute atomic E-state index is 0.139. The number of rotatable bonds is 4. The number of aromatic nitrogens is 3. The lowest BCUT2D eigenvalue weighted by Crippen LogP contribution is -2.31. The van der Waals surface area contributed by atoms with Crippen LogP contribution in [-0.2, 0) is 0 Å². The molecule has 0 spiro atoms. The van der Waals surface area contributed by atoms with E-state index in [2.05, 4.69) is 15.4 Å². The van der Waals surface area contributed by atoms with E-state index in [1.807, 2.05) is 0 Å². The van der Waals surface area contributed by atoms with Crippen LogP contribution in [0.15, 0.2) is 18.3 Å². The fourth-order valence-electron chi connectivity index (χ4n) is 3.05. The predicted molar refractivity (Wildman–Crippen MR) is 80.7 cm³/mol. The van der Waals surface area contributed by atoms with Gasteiger partial charge in [-0.1, -0.05) is 28.9 Å². The highest BCUT2D eigenvalue weighted by Gasteiger charge is 2.24. The van der Waals surface area contributed by atoms with Gasteiger partial charge in [-0.05, 0) is 23.8 Å². The van der Waals surface area contributed by atoms with Crippen molar-refractivity contribution in [1.82, 2.24) is 14.6 Å². The van der Waals surface area contributed by atoms with Gasteiger partial charge in [0.05, 0.1) is 0 Å². The zero-order valence-electron chi connectivity index (χ0n) is 12.2. The molecule has 1 saturated carbocycles. The summed E-state index contributed by atoms with van der Waals surface area (Å²) in [5.74, 6) is 0.606. The van der Waals surface area contributed by atoms with Crippen molar-refractivity contribution < 1.29 is 10.0 Å². The topological polar surface area (TPSA) is 106 Å². The first-order chi connectivity index (χ1) is 10.7. The normalized spacial score (nSPS) is 22.4. The molecule has 0 aliphatic heterocycles. The van der Waals surface area contributed by atoms with Crippen molar-refractivity contribution in [2.75, 3.05) is 11.9 Å². The molecule has 1 aliphatic rings. The summed E-state index contributed by atoms with van der Waals surface area (Å²) in [5, 5.41) is 28.1. The lowest BCUT2D eigenvalue weighted by Gasteiger charge is -2.24. The molecule has 22 heavy (non-hydrogen) atoms. The predicted octanol–water partition coefficient (Wildman–Crippen LogP) is 1.99. The molecular weight excluding hydrogens is 286 g/mol. The van der Waals surface area contributed by atoms with Gasteiger partial charge in [-0.3, -0.25) is 0 Å². The van der Waals surface area contributed by atoms with Gasteiger partial charge >= 0.3 is 5.82 Å². The molecule has 0 bridgehead atoms. The minimum atomic E-state index is -0.501. The first-order valence-electron chi connectivity index (χ1n) is 7.55. The Kier molecular flexibility index (Phi) is 4.19. The molecule has 8 heteroatoms. The molecule has 3 rings (SSSR count). The smallest absolute Gasteiger partial charge is 0.368 e. The molecular formula is C14H19N5O3. The Labute approximate surface area is 127 Å². The van der Waals surface area contributed by atoms with Crippen LogP contribution in [0.3, 0.4) is 0 Å². The number of nitro groups is 1. The van der Waals surface area contributed by atoms with Gasteiger partial charge < -0.3 is 20.5 Å². The molecule has 0 saturated heterocycles. The molecule has 1 aliphatic carbocycles. The SMILES string of the molecule is O=[N+]([O-])c1cnc2ccc(NC3CCCCCC3CO)nn12. The van der Waals surface area contributed by atoms with E-state index in [0.717, 1.165) is 25.7 Å². The Bertz CT molecular complexity index is 672. The van der Waals surface area contributed by atoms with Crippen molar-refractivity contribution in [3.63, 3.8) is 0 Å². The van der Waals surface area contributed by atoms with Crippen LogP contribution in [0.5, 0.6) is 0 Å². The van der Waals surface area contributed by atoms with Crippen LogP contribution >= 0.6 is 0 Å². The molecule has 2 aromatic heterocycles. The lowest BCUT2D eigenvalue weighted by molar-refractivity contribution is -0.391. The number of aliphatic hydroxyl groups is 1. The molecule has 2 atom stereocenters. The molecule has 8 nitrogen and oxygen atoms in total. The largest absolute Gasteiger partial charge is 0.396 e. The fourth-order valence-corrected chi connectivity index (χ4v) is 3.05. The third-order valence-electron chi connectivity index (χ3n) is 4.26. The van der Waals surface area contributed by atoms with Gasteiger partial charge in [0, 0.05) is 24.6 Å². The van der Waals surface area contributed by atoms with Gasteiger partial charge in [-0.2, -0.15) is 0 Å². The van der Waals surface area contributed by atoms with Crippen LogP contribution in [0.2, 0.25) is 0 Å². The van der Waals surface area contributed by atoms with E-state index in [1.165, 1.54) is 17.1 Å². The highest BCUT2D eigenvalue weighted by molar-refractivity contribution is 5.48. The first kappa shape index (κ1) is 14.7. The Morgan fingerprint density at radius 1 is 1.36 bits per heavy atom. The van der Waals surface area contributed by atoms with Gasteiger partial charge in [0.1, 0.15) is 6.20 Å². The van der Waals surface area contributed by atoms with Crippen LogP contribution in [0, 0.1) is 16.0 Å². The fraction of sp³-hybridized carbons (Fsp3) is 0.571. The molecule has 0 amide bonds. The second-order valence-electron chi connectivity index (χ2n) is 5.69. The van der Waals surface area contributed by atoms with Crippen LogP contribution in [-0.4, -0.2) is 37.3 Å². The Hall–Kier alpha value is -2.22. The molecule has 0 aromatic carbocycles. The zero-order chi connectivity index (χ0) is 15.5. The Balaban J connectivity index is 1.86. The molecule has 2 heterocycles. The van der Waals surface area contributed by atoms with Gasteiger partial charge in [-0.15, -0.1) is 0 Å². The van der Waals surface area contributed by atoms with Crippen molar-refractivity contribution in [1.29, 1.82) is 0 Å². The number of nitrogens with zero attached hydrogens (tertiary/aromatic N) is 4. The Morgan fingerprint density at radius 2 is 2.18 bits per heavy atom. The summed E-state index contributed by atoms with van der Waals surface area (Å²) in [6.45, 7) is 0.144. The summed E-state index contributed by atoms with van der Waals surface area (Å²) in [6.07, 6.45) is 6.57. The van der Waals surface area contributed by atoms with E-state index >= 15 is 0 Å². The summed E-state index contributed by atoms with van der Waals surface area (Å²) in [7, 11) is 0. The molecule has 118 valence electrons. The van der Waals surface area contributed by atoms with Gasteiger partial charge in [0.15, 0.2) is 5.82 Å². The summed E-state index contributed by atoms with van der Waals surface area (Å²) >= 11 is 0. The number of imidazole rings is 1. The van der Waals surface area contributed by atoms with E-state index in [4.69, 9.17) is 0 Å². The molecule has 2 aromatic rings. The first-order valence-corrected chi connectivity index (χ1v) is 7.55. The standard InChI is InChI=1S/C14H19N5O3/c20-9-10-4-2-1-3-5-11(10)16-12-6-7-13-15-8-14(19(21)22)18(13)17-12/h6-8,10-11,20H,1-5,9H2,(H,16,17). The summed E-state index contributed by atoms with van der Waals surface area (Å²) in [5.41, 5.74) is 0.442. The van der Waals surface area contributed by atoms with E-state index < -0.39 is 4.92 Å². The molecule has 1 fully saturated rings. The van der Waals surface area contributed by atoms with E-state index in [9.17, 15) is 15.2 Å². The maximum Gasteiger partial charge on any atom is 0.368 e. The second kappa shape index (κ2) is 6.27. The lowest BCUT2D eigenvalue weighted by atomic mass is 9.96. The number of nitrogens with one attached hydrogen (secondary N) is 1. The van der Waals surface area contributed by atoms with Crippen molar-refractivity contribution in [2.45, 2.75) is 38.1 Å². The van der Waals surface area contributed by atoms with E-state index in [1.54, 1.807) is 12.1 Å². The average Bonchev–Trinajstić information content (AvgIpc) is 2.80. The van der Waals surface area contributed by atoms with Crippen molar-refractivity contribution >= 4 is 17.3 Å². The van der Waals surface area contributed by atoms with Crippen molar-refractivity contribution in [3.8, 4) is 0 Å². The molecule has 2 unspecified atom stereocenters. The number of anilines is 1. The third kappa shape index (κ3) is 2.87. The number of hydrogen-bond acceptors (Lipinski definition) is 6. The van der Waals surface area contributed by atoms with Crippen LogP contribution in [0.25, 0.3) is 5.65 Å². The summed E-state index contributed by atoms with van der Waals surface area (Å²) < 4.78 is 1.23.